The zero-order valence-electron chi connectivity index (χ0n) is 9.91. The average molecular weight is 334 g/mol. The van der Waals surface area contributed by atoms with Gasteiger partial charge in [-0.3, -0.25) is 4.79 Å². The minimum absolute atomic E-state index is 0.151. The third-order valence-electron chi connectivity index (χ3n) is 2.27. The van der Waals surface area contributed by atoms with Gasteiger partial charge in [-0.1, -0.05) is 0 Å². The molecule has 0 atom stereocenters. The Morgan fingerprint density at radius 3 is 2.30 bits per heavy atom. The van der Waals surface area contributed by atoms with Gasteiger partial charge in [-0.2, -0.15) is 0 Å². The smallest absolute Gasteiger partial charge is 0.264 e. The van der Waals surface area contributed by atoms with Crippen LogP contribution in [-0.2, 0) is 9.05 Å². The maximum atomic E-state index is 13.5. The zero-order valence-corrected chi connectivity index (χ0v) is 11.5. The fourth-order valence-corrected chi connectivity index (χ4v) is 2.28. The summed E-state index contributed by atoms with van der Waals surface area (Å²) in [6, 6.07) is 0.524. The minimum atomic E-state index is -4.54. The van der Waals surface area contributed by atoms with E-state index in [1.807, 2.05) is 0 Å². The van der Waals surface area contributed by atoms with Crippen molar-refractivity contribution in [3.63, 3.8) is 0 Å². The summed E-state index contributed by atoms with van der Waals surface area (Å²) in [7, 11) is 1.34. The molecule has 0 aliphatic rings. The maximum absolute atomic E-state index is 13.5. The average Bonchev–Trinajstić information content (AvgIpc) is 2.25. The van der Waals surface area contributed by atoms with Crippen LogP contribution in [0.1, 0.15) is 10.4 Å². The van der Waals surface area contributed by atoms with Crippen molar-refractivity contribution in [3.05, 3.63) is 29.3 Å². The van der Waals surface area contributed by atoms with Crippen LogP contribution >= 0.6 is 10.7 Å². The van der Waals surface area contributed by atoms with Crippen molar-refractivity contribution in [3.8, 4) is 0 Å². The molecule has 1 rings (SSSR count). The lowest BCUT2D eigenvalue weighted by Crippen LogP contribution is -2.32. The second-order valence-electron chi connectivity index (χ2n) is 3.78. The van der Waals surface area contributed by atoms with Gasteiger partial charge in [0.05, 0.1) is 12.1 Å². The highest BCUT2D eigenvalue weighted by Crippen LogP contribution is 2.23. The van der Waals surface area contributed by atoms with Gasteiger partial charge >= 0.3 is 0 Å². The van der Waals surface area contributed by atoms with Crippen LogP contribution in [0.4, 0.5) is 17.6 Å². The summed E-state index contributed by atoms with van der Waals surface area (Å²) < 4.78 is 73.1. The van der Waals surface area contributed by atoms with Crippen LogP contribution < -0.4 is 0 Å². The molecule has 112 valence electrons. The summed E-state index contributed by atoms with van der Waals surface area (Å²) in [5.74, 6) is -4.08. The van der Waals surface area contributed by atoms with E-state index in [1.54, 1.807) is 0 Å². The van der Waals surface area contributed by atoms with Gasteiger partial charge in [-0.05, 0) is 6.07 Å². The minimum Gasteiger partial charge on any atom is -0.336 e. The Morgan fingerprint density at radius 1 is 1.30 bits per heavy atom. The van der Waals surface area contributed by atoms with Gasteiger partial charge in [-0.15, -0.1) is 0 Å². The molecule has 10 heteroatoms. The molecule has 4 nitrogen and oxygen atoms in total. The van der Waals surface area contributed by atoms with Crippen molar-refractivity contribution >= 4 is 25.6 Å². The zero-order chi connectivity index (χ0) is 15.7. The molecule has 1 amide bonds. The van der Waals surface area contributed by atoms with Gasteiger partial charge in [0, 0.05) is 23.8 Å². The van der Waals surface area contributed by atoms with Crippen LogP contribution in [0.3, 0.4) is 0 Å². The molecule has 0 aromatic heterocycles. The maximum Gasteiger partial charge on any atom is 0.264 e. The Kier molecular flexibility index (Phi) is 4.98. The normalized spacial score (nSPS) is 11.8. The number of halogens is 5. The number of hydrogen-bond acceptors (Lipinski definition) is 3. The molecule has 0 bridgehead atoms. The van der Waals surface area contributed by atoms with E-state index in [0.717, 1.165) is 7.05 Å². The first kappa shape index (κ1) is 16.7. The van der Waals surface area contributed by atoms with Crippen LogP contribution in [0.5, 0.6) is 0 Å². The van der Waals surface area contributed by atoms with Gasteiger partial charge in [0.25, 0.3) is 21.4 Å². The van der Waals surface area contributed by atoms with E-state index < -0.39 is 50.0 Å². The van der Waals surface area contributed by atoms with Crippen LogP contribution in [-0.4, -0.2) is 39.2 Å². The highest BCUT2D eigenvalue weighted by molar-refractivity contribution is 8.13. The van der Waals surface area contributed by atoms with Gasteiger partial charge in [0.1, 0.15) is 16.5 Å². The fourth-order valence-electron chi connectivity index (χ4n) is 1.38. The number of carbonyl (C=O) groups excluding carboxylic acids is 1. The molecule has 0 spiro atoms. The molecule has 0 saturated heterocycles. The summed E-state index contributed by atoms with van der Waals surface area (Å²) in [5, 5.41) is 0. The summed E-state index contributed by atoms with van der Waals surface area (Å²) in [6.45, 7) is -0.987. The second kappa shape index (κ2) is 5.96. The molecule has 1 aromatic carbocycles. The predicted octanol–water partition coefficient (Wildman–Crippen LogP) is 2.23. The highest BCUT2D eigenvalue weighted by Gasteiger charge is 2.25. The first-order chi connectivity index (χ1) is 9.04. The van der Waals surface area contributed by atoms with E-state index in [1.165, 1.54) is 0 Å². The number of rotatable bonds is 4. The summed E-state index contributed by atoms with van der Waals surface area (Å²) in [6.07, 6.45) is -2.86. The summed E-state index contributed by atoms with van der Waals surface area (Å²) in [4.78, 5) is 11.1. The topological polar surface area (TPSA) is 54.5 Å². The Morgan fingerprint density at radius 2 is 1.85 bits per heavy atom. The number of benzene rings is 1. The summed E-state index contributed by atoms with van der Waals surface area (Å²) >= 11 is 0. The van der Waals surface area contributed by atoms with E-state index >= 15 is 0 Å². The lowest BCUT2D eigenvalue weighted by molar-refractivity contribution is 0.0616. The number of hydrogen-bond donors (Lipinski definition) is 0. The lowest BCUT2D eigenvalue weighted by Gasteiger charge is -2.17. The lowest BCUT2D eigenvalue weighted by atomic mass is 10.2. The van der Waals surface area contributed by atoms with Crippen molar-refractivity contribution in [2.24, 2.45) is 0 Å². The molecular formula is C10H8ClF4NO3S. The SMILES string of the molecule is CN(CC(F)F)C(=O)c1cc(S(=O)(=O)Cl)c(F)cc1F. The summed E-state index contributed by atoms with van der Waals surface area (Å²) in [5.41, 5.74) is -0.867. The molecule has 0 saturated carbocycles. The van der Waals surface area contributed by atoms with Crippen LogP contribution in [0, 0.1) is 11.6 Å². The Labute approximate surface area is 116 Å². The molecule has 0 aliphatic heterocycles. The van der Waals surface area contributed by atoms with Crippen molar-refractivity contribution < 1.29 is 30.8 Å². The van der Waals surface area contributed by atoms with Gasteiger partial charge in [0.15, 0.2) is 0 Å². The first-order valence-electron chi connectivity index (χ1n) is 5.01. The molecule has 0 N–H and O–H groups in total. The van der Waals surface area contributed by atoms with Gasteiger partial charge in [0.2, 0.25) is 0 Å². The van der Waals surface area contributed by atoms with Crippen molar-refractivity contribution in [2.75, 3.05) is 13.6 Å². The van der Waals surface area contributed by atoms with Gasteiger partial charge in [-0.25, -0.2) is 26.0 Å². The molecule has 0 unspecified atom stereocenters. The van der Waals surface area contributed by atoms with Gasteiger partial charge < -0.3 is 4.90 Å². The molecule has 1 aromatic rings. The third kappa shape index (κ3) is 3.83. The molecule has 0 radical (unpaired) electrons. The van der Waals surface area contributed by atoms with E-state index in [2.05, 4.69) is 0 Å². The van der Waals surface area contributed by atoms with E-state index in [-0.39, 0.29) is 6.07 Å². The number of carbonyl (C=O) groups is 1. The number of amides is 1. The number of alkyl halides is 2. The molecule has 0 fully saturated rings. The third-order valence-corrected chi connectivity index (χ3v) is 3.61. The highest BCUT2D eigenvalue weighted by atomic mass is 35.7. The predicted molar refractivity (Wildman–Crippen MR) is 62.4 cm³/mol. The van der Waals surface area contributed by atoms with Crippen LogP contribution in [0.2, 0.25) is 0 Å². The van der Waals surface area contributed by atoms with Crippen molar-refractivity contribution in [2.45, 2.75) is 11.3 Å². The second-order valence-corrected chi connectivity index (χ2v) is 6.31. The first-order valence-corrected chi connectivity index (χ1v) is 7.32. The quantitative estimate of drug-likeness (QED) is 0.627. The molecule has 0 aliphatic carbocycles. The van der Waals surface area contributed by atoms with E-state index in [9.17, 15) is 30.8 Å². The van der Waals surface area contributed by atoms with Crippen molar-refractivity contribution in [1.82, 2.24) is 4.90 Å². The monoisotopic (exact) mass is 333 g/mol. The van der Waals surface area contributed by atoms with E-state index in [4.69, 9.17) is 10.7 Å². The molecule has 0 heterocycles. The Hall–Kier alpha value is -1.35. The fraction of sp³-hybridized carbons (Fsp3) is 0.300. The van der Waals surface area contributed by atoms with Crippen LogP contribution in [0.25, 0.3) is 0 Å². The van der Waals surface area contributed by atoms with E-state index in [0.29, 0.717) is 11.0 Å². The molecular weight excluding hydrogens is 326 g/mol. The van der Waals surface area contributed by atoms with Crippen molar-refractivity contribution in [1.29, 1.82) is 0 Å². The molecule has 20 heavy (non-hydrogen) atoms. The Balaban J connectivity index is 3.29. The standard InChI is InChI=1S/C10H8ClF4NO3S/c1-16(4-9(14)15)10(17)5-2-8(20(11,18)19)7(13)3-6(5)12/h2-3,9H,4H2,1H3. The van der Waals surface area contributed by atoms with Crippen LogP contribution in [0.15, 0.2) is 17.0 Å². The number of nitrogens with zero attached hydrogens (tertiary/aromatic N) is 1. The Bertz CT molecular complexity index is 636. The largest absolute Gasteiger partial charge is 0.336 e.